The molecule has 1 aromatic carbocycles. The van der Waals surface area contributed by atoms with Crippen LogP contribution in [0.3, 0.4) is 0 Å². The number of ether oxygens (including phenoxy) is 1. The molecule has 3 rings (SSSR count). The fourth-order valence-electron chi connectivity index (χ4n) is 3.50. The third-order valence-electron chi connectivity index (χ3n) is 4.63. The van der Waals surface area contributed by atoms with Crippen molar-refractivity contribution in [1.82, 2.24) is 4.90 Å². The fourth-order valence-corrected chi connectivity index (χ4v) is 3.76. The van der Waals surface area contributed by atoms with Crippen LogP contribution < -0.4 is 10.5 Å². The lowest BCUT2D eigenvalue weighted by Gasteiger charge is -2.41. The molecule has 1 aliphatic carbocycles. The molecule has 2 N–H and O–H groups in total. The van der Waals surface area contributed by atoms with Crippen molar-refractivity contribution < 1.29 is 4.74 Å². The second-order valence-corrected chi connectivity index (χ2v) is 6.35. The Morgan fingerprint density at radius 3 is 2.75 bits per heavy atom. The SMILES string of the molecule is COc1ccc(C2C(CN)CCCN2C2CC2)cc1Cl. The van der Waals surface area contributed by atoms with E-state index in [1.807, 2.05) is 6.07 Å². The number of halogens is 1. The van der Waals surface area contributed by atoms with Gasteiger partial charge in [0.25, 0.3) is 0 Å². The molecular weight excluding hydrogens is 272 g/mol. The molecule has 2 unspecified atom stereocenters. The number of nitrogens with zero attached hydrogens (tertiary/aromatic N) is 1. The molecule has 1 heterocycles. The molecule has 110 valence electrons. The molecule has 1 aromatic rings. The first-order chi connectivity index (χ1) is 9.74. The normalized spacial score (nSPS) is 27.6. The number of hydrogen-bond acceptors (Lipinski definition) is 3. The number of rotatable bonds is 4. The summed E-state index contributed by atoms with van der Waals surface area (Å²) in [5.74, 6) is 1.28. The van der Waals surface area contributed by atoms with Gasteiger partial charge in [0.05, 0.1) is 12.1 Å². The quantitative estimate of drug-likeness (QED) is 0.926. The van der Waals surface area contributed by atoms with Crippen LogP contribution in [0.2, 0.25) is 5.02 Å². The summed E-state index contributed by atoms with van der Waals surface area (Å²) in [6.07, 6.45) is 5.14. The Kier molecular flexibility index (Phi) is 4.20. The van der Waals surface area contributed by atoms with E-state index in [1.54, 1.807) is 7.11 Å². The van der Waals surface area contributed by atoms with Crippen LogP contribution in [-0.4, -0.2) is 31.1 Å². The van der Waals surface area contributed by atoms with Crippen LogP contribution in [0.15, 0.2) is 18.2 Å². The summed E-state index contributed by atoms with van der Waals surface area (Å²) in [6, 6.07) is 7.37. The van der Waals surface area contributed by atoms with Crippen LogP contribution in [0, 0.1) is 5.92 Å². The monoisotopic (exact) mass is 294 g/mol. The summed E-state index contributed by atoms with van der Waals surface area (Å²) in [4.78, 5) is 2.65. The summed E-state index contributed by atoms with van der Waals surface area (Å²) in [5, 5.41) is 0.696. The maximum Gasteiger partial charge on any atom is 0.137 e. The second-order valence-electron chi connectivity index (χ2n) is 5.95. The number of piperidine rings is 1. The maximum atomic E-state index is 6.31. The molecule has 1 aliphatic heterocycles. The molecule has 1 saturated carbocycles. The number of hydrogen-bond donors (Lipinski definition) is 1. The van der Waals surface area contributed by atoms with Crippen molar-refractivity contribution in [1.29, 1.82) is 0 Å². The fraction of sp³-hybridized carbons (Fsp3) is 0.625. The van der Waals surface area contributed by atoms with Gasteiger partial charge in [-0.2, -0.15) is 0 Å². The summed E-state index contributed by atoms with van der Waals surface area (Å²) in [7, 11) is 1.65. The van der Waals surface area contributed by atoms with Crippen LogP contribution in [0.5, 0.6) is 5.75 Å². The Morgan fingerprint density at radius 2 is 2.15 bits per heavy atom. The first kappa shape index (κ1) is 14.2. The predicted molar refractivity (Wildman–Crippen MR) is 82.3 cm³/mol. The Hall–Kier alpha value is -0.770. The molecule has 0 aromatic heterocycles. The lowest BCUT2D eigenvalue weighted by atomic mass is 9.84. The Balaban J connectivity index is 1.91. The lowest BCUT2D eigenvalue weighted by Crippen LogP contribution is -2.42. The van der Waals surface area contributed by atoms with E-state index in [4.69, 9.17) is 22.1 Å². The molecular formula is C16H23ClN2O. The number of nitrogens with two attached hydrogens (primary N) is 1. The number of likely N-dealkylation sites (tertiary alicyclic amines) is 1. The van der Waals surface area contributed by atoms with Crippen molar-refractivity contribution >= 4 is 11.6 Å². The van der Waals surface area contributed by atoms with Crippen molar-refractivity contribution in [3.63, 3.8) is 0 Å². The highest BCUT2D eigenvalue weighted by Gasteiger charge is 2.40. The molecule has 2 atom stereocenters. The number of methoxy groups -OCH3 is 1. The minimum atomic E-state index is 0.421. The van der Waals surface area contributed by atoms with Gasteiger partial charge in [-0.15, -0.1) is 0 Å². The van der Waals surface area contributed by atoms with Gasteiger partial charge in [0, 0.05) is 12.1 Å². The van der Waals surface area contributed by atoms with Gasteiger partial charge in [-0.05, 0) is 62.4 Å². The van der Waals surface area contributed by atoms with Crippen molar-refractivity contribution in [2.75, 3.05) is 20.2 Å². The van der Waals surface area contributed by atoms with E-state index in [0.29, 0.717) is 17.0 Å². The molecule has 2 aliphatic rings. The van der Waals surface area contributed by atoms with Gasteiger partial charge in [0.15, 0.2) is 0 Å². The summed E-state index contributed by atoms with van der Waals surface area (Å²) in [5.41, 5.74) is 7.31. The van der Waals surface area contributed by atoms with E-state index in [2.05, 4.69) is 17.0 Å². The third-order valence-corrected chi connectivity index (χ3v) is 4.93. The first-order valence-electron chi connectivity index (χ1n) is 7.54. The van der Waals surface area contributed by atoms with Crippen LogP contribution in [0.4, 0.5) is 0 Å². The number of benzene rings is 1. The van der Waals surface area contributed by atoms with E-state index < -0.39 is 0 Å². The average molecular weight is 295 g/mol. The minimum Gasteiger partial charge on any atom is -0.495 e. The standard InChI is InChI=1S/C16H23ClN2O/c1-20-15-7-4-11(9-14(15)17)16-12(10-18)3-2-8-19(16)13-5-6-13/h4,7,9,12-13,16H,2-3,5-6,8,10,18H2,1H3. The van der Waals surface area contributed by atoms with Gasteiger partial charge in [0.1, 0.15) is 5.75 Å². The van der Waals surface area contributed by atoms with Gasteiger partial charge < -0.3 is 10.5 Å². The van der Waals surface area contributed by atoms with Gasteiger partial charge in [0.2, 0.25) is 0 Å². The molecule has 3 nitrogen and oxygen atoms in total. The van der Waals surface area contributed by atoms with Crippen molar-refractivity contribution in [3.8, 4) is 5.75 Å². The molecule has 1 saturated heterocycles. The molecule has 0 spiro atoms. The van der Waals surface area contributed by atoms with Gasteiger partial charge in [-0.1, -0.05) is 17.7 Å². The van der Waals surface area contributed by atoms with E-state index in [-0.39, 0.29) is 0 Å². The zero-order chi connectivity index (χ0) is 14.1. The largest absolute Gasteiger partial charge is 0.495 e. The van der Waals surface area contributed by atoms with Gasteiger partial charge in [-0.3, -0.25) is 4.90 Å². The Labute approximate surface area is 126 Å². The van der Waals surface area contributed by atoms with Gasteiger partial charge in [-0.25, -0.2) is 0 Å². The minimum absolute atomic E-state index is 0.421. The lowest BCUT2D eigenvalue weighted by molar-refractivity contribution is 0.0879. The van der Waals surface area contributed by atoms with Crippen LogP contribution >= 0.6 is 11.6 Å². The second kappa shape index (κ2) is 5.92. The maximum absolute atomic E-state index is 6.31. The molecule has 20 heavy (non-hydrogen) atoms. The first-order valence-corrected chi connectivity index (χ1v) is 7.91. The smallest absolute Gasteiger partial charge is 0.137 e. The summed E-state index contributed by atoms with van der Waals surface area (Å²) < 4.78 is 5.26. The van der Waals surface area contributed by atoms with E-state index in [1.165, 1.54) is 37.8 Å². The Bertz CT molecular complexity index is 476. The zero-order valence-electron chi connectivity index (χ0n) is 12.0. The van der Waals surface area contributed by atoms with Crippen molar-refractivity contribution in [3.05, 3.63) is 28.8 Å². The van der Waals surface area contributed by atoms with Gasteiger partial charge >= 0.3 is 0 Å². The molecule has 0 amide bonds. The van der Waals surface area contributed by atoms with Crippen molar-refractivity contribution in [2.24, 2.45) is 11.7 Å². The Morgan fingerprint density at radius 1 is 1.35 bits per heavy atom. The zero-order valence-corrected chi connectivity index (χ0v) is 12.8. The highest BCUT2D eigenvalue weighted by Crippen LogP contribution is 2.43. The van der Waals surface area contributed by atoms with E-state index in [0.717, 1.165) is 18.3 Å². The molecule has 4 heteroatoms. The van der Waals surface area contributed by atoms with Crippen LogP contribution in [0.1, 0.15) is 37.3 Å². The summed E-state index contributed by atoms with van der Waals surface area (Å²) in [6.45, 7) is 1.94. The predicted octanol–water partition coefficient (Wildman–Crippen LogP) is 3.22. The average Bonchev–Trinajstić information content (AvgIpc) is 3.31. The van der Waals surface area contributed by atoms with Crippen LogP contribution in [-0.2, 0) is 0 Å². The summed E-state index contributed by atoms with van der Waals surface area (Å²) >= 11 is 6.31. The van der Waals surface area contributed by atoms with Crippen LogP contribution in [0.25, 0.3) is 0 Å². The molecule has 2 fully saturated rings. The third kappa shape index (κ3) is 2.67. The van der Waals surface area contributed by atoms with Crippen molar-refractivity contribution in [2.45, 2.75) is 37.8 Å². The molecule has 0 bridgehead atoms. The highest BCUT2D eigenvalue weighted by atomic mass is 35.5. The topological polar surface area (TPSA) is 38.5 Å². The highest BCUT2D eigenvalue weighted by molar-refractivity contribution is 6.32. The van der Waals surface area contributed by atoms with E-state index in [9.17, 15) is 0 Å². The van der Waals surface area contributed by atoms with E-state index >= 15 is 0 Å². The molecule has 0 radical (unpaired) electrons.